The summed E-state index contributed by atoms with van der Waals surface area (Å²) in [5.41, 5.74) is 0.488. The molecule has 0 spiro atoms. The molecule has 0 aliphatic carbocycles. The van der Waals surface area contributed by atoms with Crippen LogP contribution in [-0.2, 0) is 17.5 Å². The van der Waals surface area contributed by atoms with E-state index >= 15 is 0 Å². The number of piperidine rings is 1. The molecule has 0 saturated carbocycles. The van der Waals surface area contributed by atoms with E-state index in [4.69, 9.17) is 0 Å². The van der Waals surface area contributed by atoms with Crippen LogP contribution in [0, 0.1) is 5.92 Å². The average Bonchev–Trinajstić information content (AvgIpc) is 2.67. The molecule has 3 atom stereocenters. The second kappa shape index (κ2) is 8.20. The van der Waals surface area contributed by atoms with E-state index in [1.807, 2.05) is 6.07 Å². The van der Waals surface area contributed by atoms with Crippen LogP contribution in [0.5, 0.6) is 0 Å². The molecule has 0 radical (unpaired) electrons. The van der Waals surface area contributed by atoms with Gasteiger partial charge in [-0.25, -0.2) is 0 Å². The first-order chi connectivity index (χ1) is 13.3. The largest absolute Gasteiger partial charge is 0.416 e. The molecule has 2 bridgehead atoms. The number of pyridine rings is 1. The van der Waals surface area contributed by atoms with Gasteiger partial charge in [-0.1, -0.05) is 18.2 Å². The monoisotopic (exact) mass is 427 g/mol. The number of nitrogens with zero attached hydrogens (tertiary/aromatic N) is 1. The molecule has 9 heteroatoms. The normalized spacial score (nSPS) is 22.9. The molecule has 2 aromatic rings. The molecule has 1 saturated heterocycles. The van der Waals surface area contributed by atoms with Gasteiger partial charge >= 0.3 is 6.18 Å². The number of carbonyl (C=O) groups excluding carboxylic acids is 1. The molecule has 2 N–H and O–H groups in total. The second-order valence-electron chi connectivity index (χ2n) is 7.37. The third kappa shape index (κ3) is 4.18. The number of alkyl halides is 3. The highest BCUT2D eigenvalue weighted by molar-refractivity contribution is 5.85. The van der Waals surface area contributed by atoms with Crippen LogP contribution in [0.15, 0.2) is 47.3 Å². The van der Waals surface area contributed by atoms with E-state index in [0.29, 0.717) is 12.1 Å². The molecular formula is C20H21ClF3N3O2. The minimum Gasteiger partial charge on any atom is -0.350 e. The quantitative estimate of drug-likeness (QED) is 0.791. The summed E-state index contributed by atoms with van der Waals surface area (Å²) >= 11 is 0. The van der Waals surface area contributed by atoms with Crippen molar-refractivity contribution in [3.8, 4) is 0 Å². The number of halogens is 4. The molecule has 4 rings (SSSR count). The van der Waals surface area contributed by atoms with E-state index in [0.717, 1.165) is 30.8 Å². The summed E-state index contributed by atoms with van der Waals surface area (Å²) in [5.74, 6) is -0.0906. The zero-order valence-electron chi connectivity index (χ0n) is 15.4. The summed E-state index contributed by atoms with van der Waals surface area (Å²) in [6.07, 6.45) is -3.56. The third-order valence-electron chi connectivity index (χ3n) is 5.57. The standard InChI is InChI=1S/C20H20F3N3O2.ClH/c21-20(22,23)15-6-4-12(5-7-15)9-25-19(28)18-14-8-13(10-24-11-14)16-2-1-3-17(27)26(16)18;/h1-7,13-14,18,24H,8-11H2,(H,25,28);1H/t13-,14+,18-;/m1./s1. The number of carbonyl (C=O) groups is 1. The zero-order valence-corrected chi connectivity index (χ0v) is 16.2. The fourth-order valence-electron chi connectivity index (χ4n) is 4.24. The van der Waals surface area contributed by atoms with Gasteiger partial charge in [0, 0.05) is 43.2 Å². The summed E-state index contributed by atoms with van der Waals surface area (Å²) in [6.45, 7) is 1.53. The van der Waals surface area contributed by atoms with Crippen molar-refractivity contribution in [3.63, 3.8) is 0 Å². The lowest BCUT2D eigenvalue weighted by Gasteiger charge is -2.42. The van der Waals surface area contributed by atoms with Crippen LogP contribution in [-0.4, -0.2) is 23.6 Å². The number of nitrogens with one attached hydrogen (secondary N) is 2. The summed E-state index contributed by atoms with van der Waals surface area (Å²) in [4.78, 5) is 25.4. The minimum absolute atomic E-state index is 0. The van der Waals surface area contributed by atoms with Crippen LogP contribution in [0.1, 0.15) is 35.2 Å². The van der Waals surface area contributed by atoms with Gasteiger partial charge in [0.2, 0.25) is 5.91 Å². The van der Waals surface area contributed by atoms with Crippen LogP contribution in [0.25, 0.3) is 0 Å². The number of hydrogen-bond acceptors (Lipinski definition) is 3. The van der Waals surface area contributed by atoms with Gasteiger partial charge in [-0.3, -0.25) is 14.2 Å². The van der Waals surface area contributed by atoms with Crippen LogP contribution in [0.3, 0.4) is 0 Å². The Bertz CT molecular complexity index is 943. The Labute approximate surface area is 171 Å². The van der Waals surface area contributed by atoms with Gasteiger partial charge in [0.05, 0.1) is 5.56 Å². The molecule has 156 valence electrons. The van der Waals surface area contributed by atoms with Crippen LogP contribution in [0.4, 0.5) is 13.2 Å². The maximum Gasteiger partial charge on any atom is 0.416 e. The molecule has 1 aromatic heterocycles. The molecule has 2 aliphatic rings. The van der Waals surface area contributed by atoms with Crippen LogP contribution in [0.2, 0.25) is 0 Å². The van der Waals surface area contributed by atoms with E-state index in [9.17, 15) is 22.8 Å². The molecule has 3 heterocycles. The van der Waals surface area contributed by atoms with Gasteiger partial charge < -0.3 is 10.6 Å². The van der Waals surface area contributed by atoms with Crippen molar-refractivity contribution in [1.82, 2.24) is 15.2 Å². The number of amides is 1. The Morgan fingerprint density at radius 1 is 1.14 bits per heavy atom. The predicted molar refractivity (Wildman–Crippen MR) is 104 cm³/mol. The first-order valence-electron chi connectivity index (χ1n) is 9.20. The molecule has 29 heavy (non-hydrogen) atoms. The molecule has 1 amide bonds. The van der Waals surface area contributed by atoms with E-state index in [1.54, 1.807) is 10.6 Å². The minimum atomic E-state index is -4.39. The zero-order chi connectivity index (χ0) is 19.9. The van der Waals surface area contributed by atoms with Crippen molar-refractivity contribution in [3.05, 3.63) is 69.6 Å². The molecule has 0 unspecified atom stereocenters. The number of hydrogen-bond donors (Lipinski definition) is 2. The first kappa shape index (κ1) is 21.4. The van der Waals surface area contributed by atoms with Crippen molar-refractivity contribution >= 4 is 18.3 Å². The molecule has 1 aromatic carbocycles. The Hall–Kier alpha value is -2.32. The van der Waals surface area contributed by atoms with Crippen LogP contribution < -0.4 is 16.2 Å². The highest BCUT2D eigenvalue weighted by Crippen LogP contribution is 2.38. The number of fused-ring (bicyclic) bond motifs is 4. The van der Waals surface area contributed by atoms with Gasteiger partial charge in [-0.15, -0.1) is 12.4 Å². The molecular weight excluding hydrogens is 407 g/mol. The SMILES string of the molecule is Cl.O=C(NCc1ccc(C(F)(F)F)cc1)[C@H]1[C@@H]2CNC[C@@H](C2)c2cccc(=O)n21. The summed E-state index contributed by atoms with van der Waals surface area (Å²) in [6, 6.07) is 9.11. The van der Waals surface area contributed by atoms with Gasteiger partial charge in [0.25, 0.3) is 5.56 Å². The van der Waals surface area contributed by atoms with Crippen molar-refractivity contribution in [2.45, 2.75) is 31.1 Å². The van der Waals surface area contributed by atoms with E-state index < -0.39 is 17.8 Å². The maximum absolute atomic E-state index is 12.9. The van der Waals surface area contributed by atoms with E-state index in [-0.39, 0.29) is 42.3 Å². The number of aromatic nitrogens is 1. The molecule has 1 fully saturated rings. The van der Waals surface area contributed by atoms with Crippen LogP contribution >= 0.6 is 12.4 Å². The van der Waals surface area contributed by atoms with E-state index in [2.05, 4.69) is 10.6 Å². The fourth-order valence-corrected chi connectivity index (χ4v) is 4.24. The van der Waals surface area contributed by atoms with E-state index in [1.165, 1.54) is 18.2 Å². The Morgan fingerprint density at radius 2 is 1.86 bits per heavy atom. The average molecular weight is 428 g/mol. The molecule has 5 nitrogen and oxygen atoms in total. The third-order valence-corrected chi connectivity index (χ3v) is 5.57. The Balaban J connectivity index is 0.00000240. The van der Waals surface area contributed by atoms with Gasteiger partial charge in [-0.2, -0.15) is 13.2 Å². The number of rotatable bonds is 3. The Morgan fingerprint density at radius 3 is 2.55 bits per heavy atom. The Kier molecular flexibility index (Phi) is 6.05. The van der Waals surface area contributed by atoms with Crippen molar-refractivity contribution in [1.29, 1.82) is 0 Å². The van der Waals surface area contributed by atoms with Crippen molar-refractivity contribution < 1.29 is 18.0 Å². The fraction of sp³-hybridized carbons (Fsp3) is 0.400. The second-order valence-corrected chi connectivity index (χ2v) is 7.37. The first-order valence-corrected chi connectivity index (χ1v) is 9.20. The molecule has 2 aliphatic heterocycles. The summed E-state index contributed by atoms with van der Waals surface area (Å²) < 4.78 is 39.6. The summed E-state index contributed by atoms with van der Waals surface area (Å²) in [5, 5.41) is 6.11. The topological polar surface area (TPSA) is 63.1 Å². The van der Waals surface area contributed by atoms with Crippen molar-refractivity contribution in [2.75, 3.05) is 13.1 Å². The maximum atomic E-state index is 12.9. The predicted octanol–water partition coefficient (Wildman–Crippen LogP) is 2.85. The lowest BCUT2D eigenvalue weighted by molar-refractivity contribution is -0.137. The highest BCUT2D eigenvalue weighted by atomic mass is 35.5. The lowest BCUT2D eigenvalue weighted by Crippen LogP contribution is -2.52. The lowest BCUT2D eigenvalue weighted by atomic mass is 9.79. The number of benzene rings is 1. The summed E-state index contributed by atoms with van der Waals surface area (Å²) in [7, 11) is 0. The van der Waals surface area contributed by atoms with Gasteiger partial charge in [0.15, 0.2) is 0 Å². The van der Waals surface area contributed by atoms with Gasteiger partial charge in [-0.05, 0) is 30.2 Å². The van der Waals surface area contributed by atoms with Gasteiger partial charge in [0.1, 0.15) is 6.04 Å². The van der Waals surface area contributed by atoms with Crippen molar-refractivity contribution in [2.24, 2.45) is 5.92 Å². The highest BCUT2D eigenvalue weighted by Gasteiger charge is 2.41. The smallest absolute Gasteiger partial charge is 0.350 e.